The number of aliphatic hydroxyl groups is 1. The summed E-state index contributed by atoms with van der Waals surface area (Å²) in [4.78, 5) is 10.9. The highest BCUT2D eigenvalue weighted by molar-refractivity contribution is 5.68. The molecule has 0 aromatic heterocycles. The Bertz CT molecular complexity index is 343. The SMILES string of the molecule is CC/C=C\C/C=C/[C@H](O)/C=C\CCCCCCCC(=O)OC. The van der Waals surface area contributed by atoms with Crippen LogP contribution >= 0.6 is 0 Å². The van der Waals surface area contributed by atoms with E-state index in [2.05, 4.69) is 23.8 Å². The predicted octanol–water partition coefficient (Wildman–Crippen LogP) is 4.72. The van der Waals surface area contributed by atoms with E-state index >= 15 is 0 Å². The van der Waals surface area contributed by atoms with Crippen molar-refractivity contribution in [1.29, 1.82) is 0 Å². The predicted molar refractivity (Wildman–Crippen MR) is 92.7 cm³/mol. The number of hydrogen-bond acceptors (Lipinski definition) is 3. The average molecular weight is 308 g/mol. The second-order valence-electron chi connectivity index (χ2n) is 5.34. The quantitative estimate of drug-likeness (QED) is 0.304. The summed E-state index contributed by atoms with van der Waals surface area (Å²) >= 11 is 0. The number of ether oxygens (including phenoxy) is 1. The summed E-state index contributed by atoms with van der Waals surface area (Å²) in [7, 11) is 1.43. The van der Waals surface area contributed by atoms with E-state index in [0.29, 0.717) is 6.42 Å². The topological polar surface area (TPSA) is 46.5 Å². The van der Waals surface area contributed by atoms with Gasteiger partial charge in [-0.1, -0.05) is 62.6 Å². The highest BCUT2D eigenvalue weighted by Crippen LogP contribution is 2.08. The normalized spacial score (nSPS) is 13.4. The molecule has 0 aliphatic heterocycles. The Hall–Kier alpha value is -1.35. The number of esters is 1. The van der Waals surface area contributed by atoms with Gasteiger partial charge in [0.05, 0.1) is 13.2 Å². The van der Waals surface area contributed by atoms with Crippen molar-refractivity contribution in [1.82, 2.24) is 0 Å². The first kappa shape index (κ1) is 20.6. The van der Waals surface area contributed by atoms with Crippen LogP contribution in [0.4, 0.5) is 0 Å². The molecule has 0 aliphatic rings. The van der Waals surface area contributed by atoms with Crippen molar-refractivity contribution in [2.75, 3.05) is 7.11 Å². The lowest BCUT2D eigenvalue weighted by Gasteiger charge is -2.00. The van der Waals surface area contributed by atoms with Gasteiger partial charge in [-0.25, -0.2) is 0 Å². The molecule has 126 valence electrons. The molecule has 3 nitrogen and oxygen atoms in total. The van der Waals surface area contributed by atoms with Crippen molar-refractivity contribution >= 4 is 5.97 Å². The maximum atomic E-state index is 10.9. The minimum atomic E-state index is -0.477. The van der Waals surface area contributed by atoms with Crippen LogP contribution in [0.15, 0.2) is 36.5 Å². The summed E-state index contributed by atoms with van der Waals surface area (Å²) in [6.45, 7) is 2.11. The molecule has 0 aromatic rings. The minimum Gasteiger partial charge on any atom is -0.469 e. The Balaban J connectivity index is 3.46. The lowest BCUT2D eigenvalue weighted by molar-refractivity contribution is -0.140. The second-order valence-corrected chi connectivity index (χ2v) is 5.34. The third-order valence-corrected chi connectivity index (χ3v) is 3.32. The second kappa shape index (κ2) is 16.0. The van der Waals surface area contributed by atoms with E-state index in [9.17, 15) is 9.90 Å². The lowest BCUT2D eigenvalue weighted by Crippen LogP contribution is -1.99. The van der Waals surface area contributed by atoms with Crippen molar-refractivity contribution in [2.45, 2.75) is 70.8 Å². The molecular weight excluding hydrogens is 276 g/mol. The van der Waals surface area contributed by atoms with Crippen LogP contribution in [-0.2, 0) is 9.53 Å². The van der Waals surface area contributed by atoms with Crippen molar-refractivity contribution < 1.29 is 14.6 Å². The molecule has 0 aliphatic carbocycles. The number of hydrogen-bond donors (Lipinski definition) is 1. The molecule has 0 fully saturated rings. The van der Waals surface area contributed by atoms with Gasteiger partial charge in [0.2, 0.25) is 0 Å². The van der Waals surface area contributed by atoms with Crippen LogP contribution in [0.25, 0.3) is 0 Å². The molecule has 3 heteroatoms. The van der Waals surface area contributed by atoms with Crippen LogP contribution in [-0.4, -0.2) is 24.3 Å². The third kappa shape index (κ3) is 15.0. The number of methoxy groups -OCH3 is 1. The first-order valence-corrected chi connectivity index (χ1v) is 8.44. The number of unbranched alkanes of at least 4 members (excludes halogenated alkanes) is 5. The summed E-state index contributed by atoms with van der Waals surface area (Å²) in [5, 5.41) is 9.71. The molecule has 22 heavy (non-hydrogen) atoms. The van der Waals surface area contributed by atoms with Crippen LogP contribution in [0.2, 0.25) is 0 Å². The Morgan fingerprint density at radius 1 is 1.00 bits per heavy atom. The van der Waals surface area contributed by atoms with E-state index in [-0.39, 0.29) is 5.97 Å². The van der Waals surface area contributed by atoms with Gasteiger partial charge in [0.15, 0.2) is 0 Å². The fourth-order valence-electron chi connectivity index (χ4n) is 2.02. The van der Waals surface area contributed by atoms with Gasteiger partial charge in [0, 0.05) is 6.42 Å². The molecule has 1 atom stereocenters. The van der Waals surface area contributed by atoms with Gasteiger partial charge in [-0.3, -0.25) is 4.79 Å². The number of allylic oxidation sites excluding steroid dienone is 4. The summed E-state index contributed by atoms with van der Waals surface area (Å²) in [5.41, 5.74) is 0. The molecule has 0 radical (unpaired) electrons. The third-order valence-electron chi connectivity index (χ3n) is 3.32. The van der Waals surface area contributed by atoms with Crippen molar-refractivity contribution in [3.8, 4) is 0 Å². The molecule has 0 rings (SSSR count). The zero-order valence-corrected chi connectivity index (χ0v) is 14.2. The minimum absolute atomic E-state index is 0.116. The van der Waals surface area contributed by atoms with E-state index in [1.807, 2.05) is 24.3 Å². The Morgan fingerprint density at radius 3 is 2.41 bits per heavy atom. The van der Waals surface area contributed by atoms with E-state index in [1.54, 1.807) is 0 Å². The number of carbonyl (C=O) groups excluding carboxylic acids is 1. The average Bonchev–Trinajstić information content (AvgIpc) is 2.52. The Morgan fingerprint density at radius 2 is 1.68 bits per heavy atom. The summed E-state index contributed by atoms with van der Waals surface area (Å²) in [6, 6.07) is 0. The molecule has 0 spiro atoms. The molecule has 0 unspecified atom stereocenters. The van der Waals surface area contributed by atoms with Gasteiger partial charge in [-0.2, -0.15) is 0 Å². The van der Waals surface area contributed by atoms with Gasteiger partial charge >= 0.3 is 5.97 Å². The molecular formula is C19H32O3. The number of aliphatic hydroxyl groups excluding tert-OH is 1. The zero-order chi connectivity index (χ0) is 16.5. The van der Waals surface area contributed by atoms with E-state index < -0.39 is 6.10 Å². The van der Waals surface area contributed by atoms with Gasteiger partial charge < -0.3 is 9.84 Å². The monoisotopic (exact) mass is 308 g/mol. The molecule has 0 aromatic carbocycles. The van der Waals surface area contributed by atoms with Crippen molar-refractivity contribution in [2.24, 2.45) is 0 Å². The summed E-state index contributed by atoms with van der Waals surface area (Å²) in [6.07, 6.45) is 20.4. The summed E-state index contributed by atoms with van der Waals surface area (Å²) < 4.78 is 4.60. The Kier molecular flexibility index (Phi) is 15.0. The van der Waals surface area contributed by atoms with Crippen LogP contribution in [0.1, 0.15) is 64.7 Å². The highest BCUT2D eigenvalue weighted by Gasteiger charge is 1.98. The molecule has 1 N–H and O–H groups in total. The van der Waals surface area contributed by atoms with Gasteiger partial charge in [-0.05, 0) is 32.1 Å². The van der Waals surface area contributed by atoms with Crippen molar-refractivity contribution in [3.63, 3.8) is 0 Å². The molecule has 0 amide bonds. The van der Waals surface area contributed by atoms with E-state index in [4.69, 9.17) is 0 Å². The largest absolute Gasteiger partial charge is 0.469 e. The van der Waals surface area contributed by atoms with Crippen LogP contribution in [0.3, 0.4) is 0 Å². The smallest absolute Gasteiger partial charge is 0.305 e. The van der Waals surface area contributed by atoms with Crippen LogP contribution in [0, 0.1) is 0 Å². The fraction of sp³-hybridized carbons (Fsp3) is 0.632. The molecule has 0 bridgehead atoms. The maximum absolute atomic E-state index is 10.9. The van der Waals surface area contributed by atoms with E-state index in [0.717, 1.165) is 44.9 Å². The molecule has 0 saturated heterocycles. The standard InChI is InChI=1S/C19H32O3/c1-3-4-5-9-12-15-18(20)16-13-10-7-6-8-11-14-17-19(21)22-2/h4-5,12-13,15-16,18,20H,3,6-11,14,17H2,1-2H3/b5-4-,15-12+,16-13-/t18-/m0/s1. The molecule has 0 heterocycles. The number of carbonyl (C=O) groups is 1. The first-order chi connectivity index (χ1) is 10.7. The molecule has 0 saturated carbocycles. The summed E-state index contributed by atoms with van der Waals surface area (Å²) in [5.74, 6) is -0.116. The first-order valence-electron chi connectivity index (χ1n) is 8.44. The maximum Gasteiger partial charge on any atom is 0.305 e. The Labute approximate surface area is 135 Å². The highest BCUT2D eigenvalue weighted by atomic mass is 16.5. The fourth-order valence-corrected chi connectivity index (χ4v) is 2.02. The van der Waals surface area contributed by atoms with Crippen molar-refractivity contribution in [3.05, 3.63) is 36.5 Å². The van der Waals surface area contributed by atoms with Gasteiger partial charge in [-0.15, -0.1) is 0 Å². The van der Waals surface area contributed by atoms with Gasteiger partial charge in [0.25, 0.3) is 0 Å². The zero-order valence-electron chi connectivity index (χ0n) is 14.2. The van der Waals surface area contributed by atoms with E-state index in [1.165, 1.54) is 13.5 Å². The van der Waals surface area contributed by atoms with Gasteiger partial charge in [0.1, 0.15) is 0 Å². The van der Waals surface area contributed by atoms with Crippen LogP contribution in [0.5, 0.6) is 0 Å². The number of rotatable bonds is 13. The lowest BCUT2D eigenvalue weighted by atomic mass is 10.1. The van der Waals surface area contributed by atoms with Crippen LogP contribution < -0.4 is 0 Å².